The maximum atomic E-state index is 10.3. The molecule has 1 aliphatic rings. The molecule has 0 atom stereocenters. The summed E-state index contributed by atoms with van der Waals surface area (Å²) < 4.78 is 0. The maximum Gasteiger partial charge on any atom is 0.235 e. The molecule has 74 valence electrons. The lowest BCUT2D eigenvalue weighted by Gasteiger charge is -2.23. The average Bonchev–Trinajstić information content (AvgIpc) is 2.18. The van der Waals surface area contributed by atoms with Gasteiger partial charge in [0.25, 0.3) is 0 Å². The van der Waals surface area contributed by atoms with E-state index in [0.717, 1.165) is 12.0 Å². The largest absolute Gasteiger partial charge is 0.235 e. The highest BCUT2D eigenvalue weighted by Gasteiger charge is 2.23. The van der Waals surface area contributed by atoms with Crippen LogP contribution in [-0.2, 0) is 4.79 Å². The van der Waals surface area contributed by atoms with Gasteiger partial charge in [-0.15, -0.1) is 0 Å². The molecule has 0 amide bonds. The summed E-state index contributed by atoms with van der Waals surface area (Å²) in [5, 5.41) is 0. The van der Waals surface area contributed by atoms with Gasteiger partial charge in [0, 0.05) is 0 Å². The Bertz CT molecular complexity index is 353. The zero-order valence-electron chi connectivity index (χ0n) is 8.87. The van der Waals surface area contributed by atoms with Gasteiger partial charge in [-0.1, -0.05) is 24.3 Å². The minimum absolute atomic E-state index is 0.430. The maximum absolute atomic E-state index is 10.3. The molecule has 0 aliphatic heterocycles. The van der Waals surface area contributed by atoms with Gasteiger partial charge in [0.15, 0.2) is 0 Å². The molecule has 0 radical (unpaired) electrons. The molecule has 0 aromatic heterocycles. The zero-order chi connectivity index (χ0) is 10.6. The summed E-state index contributed by atoms with van der Waals surface area (Å²) in [6.07, 6.45) is 10.7. The molecule has 0 bridgehead atoms. The second-order valence-electron chi connectivity index (χ2n) is 3.85. The van der Waals surface area contributed by atoms with Crippen LogP contribution in [0.3, 0.4) is 0 Å². The van der Waals surface area contributed by atoms with Gasteiger partial charge in [0.2, 0.25) is 6.08 Å². The lowest BCUT2D eigenvalue weighted by atomic mass is 9.86. The van der Waals surface area contributed by atoms with Gasteiger partial charge in [-0.3, -0.25) is 0 Å². The fourth-order valence-corrected chi connectivity index (χ4v) is 1.43. The van der Waals surface area contributed by atoms with Crippen LogP contribution in [0.25, 0.3) is 0 Å². The van der Waals surface area contributed by atoms with Crippen molar-refractivity contribution in [2.45, 2.75) is 32.7 Å². The molecular weight excluding hydrogens is 174 g/mol. The highest BCUT2D eigenvalue weighted by atomic mass is 16.1. The first-order valence-electron chi connectivity index (χ1n) is 4.72. The van der Waals surface area contributed by atoms with Gasteiger partial charge in [0.1, 0.15) is 0 Å². The molecule has 14 heavy (non-hydrogen) atoms. The quantitative estimate of drug-likeness (QED) is 0.485. The Hall–Kier alpha value is -1.40. The minimum Gasteiger partial charge on any atom is -0.211 e. The third kappa shape index (κ3) is 2.30. The van der Waals surface area contributed by atoms with Crippen LogP contribution in [0.4, 0.5) is 0 Å². The van der Waals surface area contributed by atoms with E-state index in [9.17, 15) is 4.79 Å². The highest BCUT2D eigenvalue weighted by molar-refractivity contribution is 5.42. The summed E-state index contributed by atoms with van der Waals surface area (Å²) >= 11 is 0. The molecule has 0 saturated heterocycles. The fraction of sp³-hybridized carbons (Fsp3) is 0.417. The molecule has 2 heteroatoms. The highest BCUT2D eigenvalue weighted by Crippen LogP contribution is 2.29. The number of nitrogens with zero attached hydrogens (tertiary/aromatic N) is 1. The number of carbonyl (C=O) groups excluding carboxylic acids is 1. The molecule has 1 aliphatic carbocycles. The van der Waals surface area contributed by atoms with E-state index in [1.807, 2.05) is 32.9 Å². The zero-order valence-corrected chi connectivity index (χ0v) is 8.87. The van der Waals surface area contributed by atoms with Crippen LogP contribution >= 0.6 is 0 Å². The van der Waals surface area contributed by atoms with E-state index in [0.29, 0.717) is 0 Å². The molecule has 0 N–H and O–H groups in total. The Kier molecular flexibility index (Phi) is 3.21. The van der Waals surface area contributed by atoms with Crippen LogP contribution in [0.1, 0.15) is 27.2 Å². The van der Waals surface area contributed by atoms with Crippen molar-refractivity contribution in [1.82, 2.24) is 0 Å². The van der Waals surface area contributed by atoms with Crippen LogP contribution in [0.2, 0.25) is 0 Å². The predicted octanol–water partition coefficient (Wildman–Crippen LogP) is 2.93. The molecule has 0 unspecified atom stereocenters. The van der Waals surface area contributed by atoms with Crippen molar-refractivity contribution in [2.75, 3.05) is 0 Å². The summed E-state index contributed by atoms with van der Waals surface area (Å²) in [4.78, 5) is 14.1. The molecular formula is C12H15NO. The topological polar surface area (TPSA) is 29.4 Å². The van der Waals surface area contributed by atoms with Crippen molar-refractivity contribution in [1.29, 1.82) is 0 Å². The molecule has 2 nitrogen and oxygen atoms in total. The number of allylic oxidation sites excluding steroid dienone is 5. The molecule has 0 saturated carbocycles. The molecule has 1 rings (SSSR count). The number of hydrogen-bond acceptors (Lipinski definition) is 2. The summed E-state index contributed by atoms with van der Waals surface area (Å²) in [6.45, 7) is 5.87. The number of aliphatic imine (C=N–C) groups is 1. The smallest absolute Gasteiger partial charge is 0.211 e. The molecule has 0 aromatic carbocycles. The minimum atomic E-state index is -0.430. The summed E-state index contributed by atoms with van der Waals surface area (Å²) in [6, 6.07) is 0. The van der Waals surface area contributed by atoms with Gasteiger partial charge in [0.05, 0.1) is 5.54 Å². The van der Waals surface area contributed by atoms with Crippen LogP contribution < -0.4 is 0 Å². The van der Waals surface area contributed by atoms with E-state index in [1.54, 1.807) is 6.08 Å². The SMILES string of the molecule is CC=C1C=CC=C(C(C)(C)N=C=O)C1. The van der Waals surface area contributed by atoms with E-state index in [1.165, 1.54) is 5.57 Å². The number of hydrogen-bond donors (Lipinski definition) is 0. The second-order valence-corrected chi connectivity index (χ2v) is 3.85. The second kappa shape index (κ2) is 4.21. The Morgan fingerprint density at radius 1 is 1.57 bits per heavy atom. The first-order valence-corrected chi connectivity index (χ1v) is 4.72. The third-order valence-corrected chi connectivity index (χ3v) is 2.48. The van der Waals surface area contributed by atoms with E-state index in [2.05, 4.69) is 17.1 Å². The molecule has 0 heterocycles. The van der Waals surface area contributed by atoms with Gasteiger partial charge in [-0.2, -0.15) is 4.99 Å². The van der Waals surface area contributed by atoms with Crippen molar-refractivity contribution < 1.29 is 4.79 Å². The van der Waals surface area contributed by atoms with E-state index in [-0.39, 0.29) is 0 Å². The number of rotatable bonds is 2. The number of isocyanates is 1. The van der Waals surface area contributed by atoms with Crippen LogP contribution in [0.5, 0.6) is 0 Å². The average molecular weight is 189 g/mol. The normalized spacial score (nSPS) is 19.1. The van der Waals surface area contributed by atoms with Crippen molar-refractivity contribution in [3.8, 4) is 0 Å². The summed E-state index contributed by atoms with van der Waals surface area (Å²) in [7, 11) is 0. The fourth-order valence-electron chi connectivity index (χ4n) is 1.43. The van der Waals surface area contributed by atoms with E-state index < -0.39 is 5.54 Å². The van der Waals surface area contributed by atoms with E-state index >= 15 is 0 Å². The molecule has 0 aromatic rings. The molecule has 0 fully saturated rings. The first kappa shape index (κ1) is 10.7. The Morgan fingerprint density at radius 2 is 2.29 bits per heavy atom. The van der Waals surface area contributed by atoms with Crippen LogP contribution in [0, 0.1) is 0 Å². The van der Waals surface area contributed by atoms with Gasteiger partial charge in [-0.05, 0) is 38.3 Å². The van der Waals surface area contributed by atoms with Gasteiger partial charge < -0.3 is 0 Å². The van der Waals surface area contributed by atoms with Crippen molar-refractivity contribution >= 4 is 6.08 Å². The standard InChI is InChI=1S/C12H15NO/c1-4-10-6-5-7-11(8-10)12(2,3)13-9-14/h4-7H,8H2,1-3H3. The van der Waals surface area contributed by atoms with Crippen LogP contribution in [0.15, 0.2) is 40.4 Å². The molecule has 0 spiro atoms. The Labute approximate surface area is 84.7 Å². The van der Waals surface area contributed by atoms with Gasteiger partial charge >= 0.3 is 0 Å². The Morgan fingerprint density at radius 3 is 2.86 bits per heavy atom. The lowest BCUT2D eigenvalue weighted by molar-refractivity contribution is 0.540. The van der Waals surface area contributed by atoms with Crippen molar-refractivity contribution in [2.24, 2.45) is 4.99 Å². The van der Waals surface area contributed by atoms with Gasteiger partial charge in [-0.25, -0.2) is 4.79 Å². The van der Waals surface area contributed by atoms with E-state index in [4.69, 9.17) is 0 Å². The Balaban J connectivity index is 2.95. The van der Waals surface area contributed by atoms with Crippen LogP contribution in [-0.4, -0.2) is 11.6 Å². The predicted molar refractivity (Wildman–Crippen MR) is 57.8 cm³/mol. The third-order valence-electron chi connectivity index (χ3n) is 2.48. The summed E-state index contributed by atoms with van der Waals surface area (Å²) in [5.74, 6) is 0. The van der Waals surface area contributed by atoms with Crippen molar-refractivity contribution in [3.05, 3.63) is 35.5 Å². The van der Waals surface area contributed by atoms with Crippen molar-refractivity contribution in [3.63, 3.8) is 0 Å². The summed E-state index contributed by atoms with van der Waals surface area (Å²) in [5.41, 5.74) is 1.98. The lowest BCUT2D eigenvalue weighted by Crippen LogP contribution is -2.21. The first-order chi connectivity index (χ1) is 6.60. The monoisotopic (exact) mass is 189 g/mol.